The van der Waals surface area contributed by atoms with Gasteiger partial charge < -0.3 is 19.3 Å². The van der Waals surface area contributed by atoms with Crippen LogP contribution in [0.3, 0.4) is 0 Å². The van der Waals surface area contributed by atoms with Crippen molar-refractivity contribution >= 4 is 51.6 Å². The van der Waals surface area contributed by atoms with E-state index >= 15 is 0 Å². The summed E-state index contributed by atoms with van der Waals surface area (Å²) in [4.78, 5) is 17.1. The number of halogens is 1. The van der Waals surface area contributed by atoms with Crippen LogP contribution in [0.1, 0.15) is 28.6 Å². The van der Waals surface area contributed by atoms with Gasteiger partial charge in [-0.3, -0.25) is 10.1 Å². The van der Waals surface area contributed by atoms with Gasteiger partial charge in [-0.25, -0.2) is 4.98 Å². The van der Waals surface area contributed by atoms with E-state index in [4.69, 9.17) is 32.7 Å². The van der Waals surface area contributed by atoms with Crippen LogP contribution in [0.15, 0.2) is 75.6 Å². The zero-order chi connectivity index (χ0) is 26.1. The molecule has 0 saturated heterocycles. The molecule has 37 heavy (non-hydrogen) atoms. The molecule has 2 aromatic heterocycles. The number of aromatic nitrogens is 1. The maximum absolute atomic E-state index is 12.6. The minimum absolute atomic E-state index is 0.0439. The highest BCUT2D eigenvalue weighted by atomic mass is 35.5. The summed E-state index contributed by atoms with van der Waals surface area (Å²) in [6.45, 7) is 3.98. The molecule has 7 nitrogen and oxygen atoms in total. The number of thiocarbonyl (C=S) groups is 1. The third kappa shape index (κ3) is 5.21. The van der Waals surface area contributed by atoms with E-state index in [1.54, 1.807) is 30.3 Å². The fourth-order valence-corrected chi connectivity index (χ4v) is 4.18. The van der Waals surface area contributed by atoms with E-state index in [0.717, 1.165) is 28.6 Å². The van der Waals surface area contributed by atoms with E-state index in [-0.39, 0.29) is 16.6 Å². The molecule has 0 radical (unpaired) electrons. The first-order valence-corrected chi connectivity index (χ1v) is 12.3. The maximum Gasteiger partial charge on any atom is 0.293 e. The summed E-state index contributed by atoms with van der Waals surface area (Å²) in [5.41, 5.74) is 5.15. The summed E-state index contributed by atoms with van der Waals surface area (Å²) in [5.74, 6) is 0.356. The second kappa shape index (κ2) is 10.1. The number of amides is 1. The first-order chi connectivity index (χ1) is 17.8. The zero-order valence-electron chi connectivity index (χ0n) is 20.0. The number of phenols is 1. The van der Waals surface area contributed by atoms with E-state index in [1.165, 1.54) is 6.07 Å². The molecule has 0 aliphatic heterocycles. The first-order valence-electron chi connectivity index (χ1n) is 11.5. The fourth-order valence-electron chi connectivity index (χ4n) is 3.79. The monoisotopic (exact) mass is 531 g/mol. The highest BCUT2D eigenvalue weighted by Crippen LogP contribution is 2.33. The van der Waals surface area contributed by atoms with E-state index in [9.17, 15) is 9.90 Å². The fraction of sp³-hybridized carbons (Fsp3) is 0.107. The van der Waals surface area contributed by atoms with Gasteiger partial charge in [0.15, 0.2) is 16.5 Å². The van der Waals surface area contributed by atoms with Crippen LogP contribution in [-0.2, 0) is 6.42 Å². The van der Waals surface area contributed by atoms with Crippen LogP contribution in [0.25, 0.3) is 33.9 Å². The molecule has 0 atom stereocenters. The van der Waals surface area contributed by atoms with Crippen LogP contribution >= 0.6 is 23.8 Å². The minimum atomic E-state index is -0.513. The van der Waals surface area contributed by atoms with Crippen LogP contribution in [0, 0.1) is 6.92 Å². The van der Waals surface area contributed by atoms with E-state index < -0.39 is 5.91 Å². The molecule has 0 spiro atoms. The van der Waals surface area contributed by atoms with Crippen LogP contribution in [0.5, 0.6) is 5.75 Å². The largest absolute Gasteiger partial charge is 0.507 e. The quantitative estimate of drug-likeness (QED) is 0.208. The van der Waals surface area contributed by atoms with Crippen LogP contribution in [0.2, 0.25) is 5.02 Å². The first kappa shape index (κ1) is 24.5. The lowest BCUT2D eigenvalue weighted by molar-refractivity contribution is 0.0951. The number of benzene rings is 3. The lowest BCUT2D eigenvalue weighted by atomic mass is 10.1. The van der Waals surface area contributed by atoms with E-state index in [0.29, 0.717) is 33.5 Å². The Labute approximate surface area is 223 Å². The Morgan fingerprint density at radius 3 is 2.65 bits per heavy atom. The molecular weight excluding hydrogens is 510 g/mol. The summed E-state index contributed by atoms with van der Waals surface area (Å²) in [6.07, 6.45) is 0.892. The number of nitrogens with zero attached hydrogens (tertiary/aromatic N) is 1. The SMILES string of the molecule is CCc1ccc2oc(-c3ccc(NC(=S)NC(=O)c4ccc(-c5ccc(C)c(Cl)c5)o4)cc3O)nc2c1. The Morgan fingerprint density at radius 2 is 1.89 bits per heavy atom. The molecule has 2 heterocycles. The summed E-state index contributed by atoms with van der Waals surface area (Å²) in [5, 5.41) is 16.7. The van der Waals surface area contributed by atoms with Gasteiger partial charge in [-0.1, -0.05) is 36.7 Å². The molecule has 1 amide bonds. The number of carbonyl (C=O) groups is 1. The van der Waals surface area contributed by atoms with Gasteiger partial charge in [0.25, 0.3) is 5.91 Å². The molecule has 3 aromatic carbocycles. The highest BCUT2D eigenvalue weighted by molar-refractivity contribution is 7.80. The number of nitrogens with one attached hydrogen (secondary N) is 2. The maximum atomic E-state index is 12.6. The number of carbonyl (C=O) groups excluding carboxylic acids is 1. The highest BCUT2D eigenvalue weighted by Gasteiger charge is 2.16. The number of oxazole rings is 1. The summed E-state index contributed by atoms with van der Waals surface area (Å²) < 4.78 is 11.5. The van der Waals surface area contributed by atoms with Crippen molar-refractivity contribution in [3.63, 3.8) is 0 Å². The number of phenolic OH excluding ortho intramolecular Hbond substituents is 1. The van der Waals surface area contributed by atoms with Crippen molar-refractivity contribution in [3.8, 4) is 28.5 Å². The number of aryl methyl sites for hydroxylation is 2. The Hall–Kier alpha value is -4.14. The molecule has 0 unspecified atom stereocenters. The van der Waals surface area contributed by atoms with Gasteiger partial charge in [0.1, 0.15) is 17.0 Å². The van der Waals surface area contributed by atoms with Gasteiger partial charge in [-0.05, 0) is 79.2 Å². The second-order valence-electron chi connectivity index (χ2n) is 8.44. The molecule has 0 aliphatic rings. The molecule has 0 aliphatic carbocycles. The number of anilines is 1. The third-order valence-corrected chi connectivity index (χ3v) is 6.47. The Balaban J connectivity index is 1.25. The lowest BCUT2D eigenvalue weighted by Crippen LogP contribution is -2.33. The Morgan fingerprint density at radius 1 is 1.05 bits per heavy atom. The molecule has 0 saturated carbocycles. The molecule has 5 rings (SSSR count). The van der Waals surface area contributed by atoms with E-state index in [2.05, 4.69) is 22.5 Å². The molecule has 0 fully saturated rings. The third-order valence-electron chi connectivity index (χ3n) is 5.86. The van der Waals surface area contributed by atoms with Crippen molar-refractivity contribution < 1.29 is 18.7 Å². The summed E-state index contributed by atoms with van der Waals surface area (Å²) in [6, 6.07) is 19.5. The molecule has 3 N–H and O–H groups in total. The molecule has 9 heteroatoms. The average Bonchev–Trinajstić information content (AvgIpc) is 3.53. The van der Waals surface area contributed by atoms with Crippen molar-refractivity contribution in [1.29, 1.82) is 0 Å². The molecule has 186 valence electrons. The molecule has 0 bridgehead atoms. The van der Waals surface area contributed by atoms with Crippen molar-refractivity contribution in [2.24, 2.45) is 0 Å². The smallest absolute Gasteiger partial charge is 0.293 e. The van der Waals surface area contributed by atoms with Crippen LogP contribution in [-0.4, -0.2) is 21.1 Å². The van der Waals surface area contributed by atoms with E-state index in [1.807, 2.05) is 37.3 Å². The minimum Gasteiger partial charge on any atom is -0.507 e. The predicted octanol–water partition coefficient (Wildman–Crippen LogP) is 7.11. The number of hydrogen-bond donors (Lipinski definition) is 3. The zero-order valence-corrected chi connectivity index (χ0v) is 21.5. The number of furan rings is 1. The molecule has 5 aromatic rings. The number of fused-ring (bicyclic) bond motifs is 1. The Kier molecular flexibility index (Phi) is 6.69. The lowest BCUT2D eigenvalue weighted by Gasteiger charge is -2.10. The van der Waals surface area contributed by atoms with Crippen molar-refractivity contribution in [1.82, 2.24) is 10.3 Å². The van der Waals surface area contributed by atoms with Crippen molar-refractivity contribution in [2.45, 2.75) is 20.3 Å². The number of aromatic hydroxyl groups is 1. The van der Waals surface area contributed by atoms with Crippen molar-refractivity contribution in [3.05, 3.63) is 88.6 Å². The topological polar surface area (TPSA) is 101 Å². The van der Waals surface area contributed by atoms with Crippen LogP contribution in [0.4, 0.5) is 5.69 Å². The van der Waals surface area contributed by atoms with Gasteiger partial charge in [0.05, 0.1) is 5.56 Å². The average molecular weight is 532 g/mol. The van der Waals surface area contributed by atoms with Crippen LogP contribution < -0.4 is 10.6 Å². The second-order valence-corrected chi connectivity index (χ2v) is 9.26. The van der Waals surface area contributed by atoms with Crippen molar-refractivity contribution in [2.75, 3.05) is 5.32 Å². The normalized spacial score (nSPS) is 11.0. The van der Waals surface area contributed by atoms with Gasteiger partial charge in [-0.2, -0.15) is 0 Å². The summed E-state index contributed by atoms with van der Waals surface area (Å²) in [7, 11) is 0. The predicted molar refractivity (Wildman–Crippen MR) is 148 cm³/mol. The van der Waals surface area contributed by atoms with Gasteiger partial charge in [0.2, 0.25) is 5.89 Å². The van der Waals surface area contributed by atoms with Gasteiger partial charge in [0, 0.05) is 22.3 Å². The standard InChI is InChI=1S/C28H22ClN3O4S/c1-3-16-5-9-24-21(12-16)31-27(36-24)19-8-7-18(14-22(19)33)30-28(37)32-26(34)25-11-10-23(35-25)17-6-4-15(2)20(29)13-17/h4-14,33H,3H2,1-2H3,(H2,30,32,34,37). The Bertz CT molecular complexity index is 1660. The number of rotatable bonds is 5. The molecular formula is C28H22ClN3O4S. The summed E-state index contributed by atoms with van der Waals surface area (Å²) >= 11 is 11.5. The van der Waals surface area contributed by atoms with Gasteiger partial charge in [-0.15, -0.1) is 0 Å². The van der Waals surface area contributed by atoms with Gasteiger partial charge >= 0.3 is 0 Å². The number of hydrogen-bond acceptors (Lipinski definition) is 6.